The average molecular weight is 488 g/mol. The van der Waals surface area contributed by atoms with Gasteiger partial charge >= 0.3 is 0 Å². The Balaban J connectivity index is 1.28. The number of ether oxygens (including phenoxy) is 2. The fourth-order valence-electron chi connectivity index (χ4n) is 3.70. The molecule has 33 heavy (non-hydrogen) atoms. The van der Waals surface area contributed by atoms with E-state index in [1.165, 1.54) is 6.07 Å². The summed E-state index contributed by atoms with van der Waals surface area (Å²) in [5.41, 5.74) is 2.46. The first kappa shape index (κ1) is 23.4. The van der Waals surface area contributed by atoms with Crippen LogP contribution in [0.5, 0.6) is 11.5 Å². The lowest BCUT2D eigenvalue weighted by Crippen LogP contribution is -2.49. The van der Waals surface area contributed by atoms with Crippen LogP contribution in [-0.2, 0) is 17.0 Å². The van der Waals surface area contributed by atoms with E-state index in [-0.39, 0.29) is 18.1 Å². The van der Waals surface area contributed by atoms with E-state index in [1.807, 2.05) is 39.4 Å². The number of amides is 1. The van der Waals surface area contributed by atoms with Gasteiger partial charge in [0, 0.05) is 43.4 Å². The Kier molecular flexibility index (Phi) is 7.72. The van der Waals surface area contributed by atoms with Crippen LogP contribution in [0.3, 0.4) is 0 Å². The van der Waals surface area contributed by atoms with Crippen LogP contribution < -0.4 is 14.4 Å². The molecule has 4 rings (SSSR count). The molecule has 1 amide bonds. The molecule has 1 aromatic heterocycles. The molecule has 0 radical (unpaired) electrons. The molecule has 0 unspecified atom stereocenters. The zero-order valence-corrected chi connectivity index (χ0v) is 20.3. The number of para-hydroxylation sites is 1. The van der Waals surface area contributed by atoms with Crippen molar-refractivity contribution in [3.05, 3.63) is 64.9 Å². The number of anilines is 1. The minimum absolute atomic E-state index is 0.0579. The van der Waals surface area contributed by atoms with E-state index in [9.17, 15) is 9.18 Å². The van der Waals surface area contributed by atoms with Crippen LogP contribution in [0.15, 0.2) is 52.2 Å². The van der Waals surface area contributed by atoms with Crippen molar-refractivity contribution in [2.75, 3.05) is 45.3 Å². The topological polar surface area (TPSA) is 54.9 Å². The summed E-state index contributed by atoms with van der Waals surface area (Å²) in [6, 6.07) is 12.6. The highest BCUT2D eigenvalue weighted by molar-refractivity contribution is 8.00. The van der Waals surface area contributed by atoms with E-state index in [2.05, 4.69) is 4.98 Å². The number of rotatable bonds is 8. The van der Waals surface area contributed by atoms with Gasteiger partial charge in [-0.05, 0) is 29.8 Å². The first-order valence-corrected chi connectivity index (χ1v) is 12.5. The first-order chi connectivity index (χ1) is 16.1. The standard InChI is InChI=1S/C24H26FN3O3S2/c1-30-19-11-17(12-20(14-19)31-2)15-32-24-26-18(16-33-24)13-23(29)28-9-7-27(8-10-28)22-6-4-3-5-21(22)25/h3-6,11-12,14,16H,7-10,13,15H2,1-2H3. The van der Waals surface area contributed by atoms with Gasteiger partial charge in [0.1, 0.15) is 21.7 Å². The Hall–Kier alpha value is -2.78. The summed E-state index contributed by atoms with van der Waals surface area (Å²) >= 11 is 3.17. The average Bonchev–Trinajstić information content (AvgIpc) is 3.30. The summed E-state index contributed by atoms with van der Waals surface area (Å²) in [5, 5.41) is 1.95. The van der Waals surface area contributed by atoms with E-state index in [4.69, 9.17) is 9.47 Å². The third-order valence-electron chi connectivity index (χ3n) is 5.46. The van der Waals surface area contributed by atoms with Crippen molar-refractivity contribution >= 4 is 34.7 Å². The number of thioether (sulfide) groups is 1. The first-order valence-electron chi connectivity index (χ1n) is 10.6. The highest BCUT2D eigenvalue weighted by Crippen LogP contribution is 2.30. The van der Waals surface area contributed by atoms with Gasteiger partial charge in [-0.25, -0.2) is 9.37 Å². The lowest BCUT2D eigenvalue weighted by Gasteiger charge is -2.36. The van der Waals surface area contributed by atoms with Crippen molar-refractivity contribution in [1.82, 2.24) is 9.88 Å². The van der Waals surface area contributed by atoms with Gasteiger partial charge in [0.15, 0.2) is 0 Å². The summed E-state index contributed by atoms with van der Waals surface area (Å²) < 4.78 is 25.6. The van der Waals surface area contributed by atoms with Crippen LogP contribution in [0.25, 0.3) is 0 Å². The SMILES string of the molecule is COc1cc(CSc2nc(CC(=O)N3CCN(c4ccccc4F)CC3)cs2)cc(OC)c1. The number of carbonyl (C=O) groups is 1. The summed E-state index contributed by atoms with van der Waals surface area (Å²) in [6.07, 6.45) is 0.281. The van der Waals surface area contributed by atoms with Crippen molar-refractivity contribution in [3.8, 4) is 11.5 Å². The van der Waals surface area contributed by atoms with Gasteiger partial charge in [0.05, 0.1) is 32.0 Å². The van der Waals surface area contributed by atoms with Crippen molar-refractivity contribution in [1.29, 1.82) is 0 Å². The quantitative estimate of drug-likeness (QED) is 0.437. The zero-order valence-electron chi connectivity index (χ0n) is 18.6. The number of hydrogen-bond donors (Lipinski definition) is 0. The third kappa shape index (κ3) is 5.97. The van der Waals surface area contributed by atoms with Crippen LogP contribution in [0, 0.1) is 5.82 Å². The van der Waals surface area contributed by atoms with Crippen molar-refractivity contribution < 1.29 is 18.7 Å². The Labute approximate surface area is 201 Å². The van der Waals surface area contributed by atoms with E-state index in [0.717, 1.165) is 32.8 Å². The molecule has 0 spiro atoms. The summed E-state index contributed by atoms with van der Waals surface area (Å²) in [6.45, 7) is 2.40. The Morgan fingerprint density at radius 3 is 2.45 bits per heavy atom. The highest BCUT2D eigenvalue weighted by Gasteiger charge is 2.23. The monoisotopic (exact) mass is 487 g/mol. The number of methoxy groups -OCH3 is 2. The molecule has 2 heterocycles. The maximum absolute atomic E-state index is 14.0. The lowest BCUT2D eigenvalue weighted by molar-refractivity contribution is -0.130. The molecule has 1 saturated heterocycles. The smallest absolute Gasteiger partial charge is 0.228 e. The largest absolute Gasteiger partial charge is 0.497 e. The molecule has 0 bridgehead atoms. The van der Waals surface area contributed by atoms with E-state index < -0.39 is 0 Å². The highest BCUT2D eigenvalue weighted by atomic mass is 32.2. The molecule has 2 aromatic carbocycles. The lowest BCUT2D eigenvalue weighted by atomic mass is 10.2. The summed E-state index contributed by atoms with van der Waals surface area (Å²) in [7, 11) is 3.27. The molecule has 0 atom stereocenters. The molecule has 9 heteroatoms. The van der Waals surface area contributed by atoms with Crippen LogP contribution in [0.1, 0.15) is 11.3 Å². The van der Waals surface area contributed by atoms with E-state index in [1.54, 1.807) is 49.5 Å². The predicted molar refractivity (Wildman–Crippen MR) is 130 cm³/mol. The number of carbonyl (C=O) groups excluding carboxylic acids is 1. The van der Waals surface area contributed by atoms with Gasteiger partial charge in [-0.3, -0.25) is 4.79 Å². The van der Waals surface area contributed by atoms with Gasteiger partial charge in [-0.1, -0.05) is 23.9 Å². The van der Waals surface area contributed by atoms with Crippen LogP contribution in [0.2, 0.25) is 0 Å². The molecule has 174 valence electrons. The van der Waals surface area contributed by atoms with Gasteiger partial charge < -0.3 is 19.3 Å². The van der Waals surface area contributed by atoms with Gasteiger partial charge in [0.25, 0.3) is 0 Å². The molecular weight excluding hydrogens is 461 g/mol. The van der Waals surface area contributed by atoms with Crippen molar-refractivity contribution in [2.45, 2.75) is 16.5 Å². The Morgan fingerprint density at radius 1 is 1.09 bits per heavy atom. The van der Waals surface area contributed by atoms with Gasteiger partial charge in [0.2, 0.25) is 5.91 Å². The molecule has 0 N–H and O–H groups in total. The van der Waals surface area contributed by atoms with E-state index in [0.29, 0.717) is 31.9 Å². The zero-order chi connectivity index (χ0) is 23.2. The summed E-state index contributed by atoms with van der Waals surface area (Å²) in [4.78, 5) is 21.2. The van der Waals surface area contributed by atoms with Crippen LogP contribution in [0.4, 0.5) is 10.1 Å². The molecule has 6 nitrogen and oxygen atoms in total. The maximum Gasteiger partial charge on any atom is 0.228 e. The molecule has 1 fully saturated rings. The number of piperazine rings is 1. The fraction of sp³-hybridized carbons (Fsp3) is 0.333. The maximum atomic E-state index is 14.0. The van der Waals surface area contributed by atoms with Crippen LogP contribution >= 0.6 is 23.1 Å². The number of thiazole rings is 1. The number of hydrogen-bond acceptors (Lipinski definition) is 7. The molecule has 1 aliphatic rings. The second-order valence-electron chi connectivity index (χ2n) is 7.61. The molecule has 0 aliphatic carbocycles. The molecule has 3 aromatic rings. The van der Waals surface area contributed by atoms with Crippen LogP contribution in [-0.4, -0.2) is 56.2 Å². The summed E-state index contributed by atoms with van der Waals surface area (Å²) in [5.74, 6) is 2.07. The number of nitrogens with zero attached hydrogens (tertiary/aromatic N) is 3. The number of benzene rings is 2. The fourth-order valence-corrected chi connectivity index (χ4v) is 5.48. The molecular formula is C24H26FN3O3S2. The number of aromatic nitrogens is 1. The molecule has 1 aliphatic heterocycles. The van der Waals surface area contributed by atoms with Gasteiger partial charge in [-0.2, -0.15) is 0 Å². The second-order valence-corrected chi connectivity index (χ2v) is 9.69. The Bertz CT molecular complexity index is 1080. The minimum Gasteiger partial charge on any atom is -0.497 e. The third-order valence-corrected chi connectivity index (χ3v) is 7.60. The molecule has 0 saturated carbocycles. The second kappa shape index (κ2) is 10.9. The predicted octanol–water partition coefficient (Wildman–Crippen LogP) is 4.48. The van der Waals surface area contributed by atoms with Crippen molar-refractivity contribution in [3.63, 3.8) is 0 Å². The van der Waals surface area contributed by atoms with Crippen molar-refractivity contribution in [2.24, 2.45) is 0 Å². The number of halogens is 1. The normalized spacial score (nSPS) is 13.8. The van der Waals surface area contributed by atoms with E-state index >= 15 is 0 Å². The van der Waals surface area contributed by atoms with Gasteiger partial charge in [-0.15, -0.1) is 11.3 Å². The Morgan fingerprint density at radius 2 is 1.79 bits per heavy atom. The minimum atomic E-state index is -0.225.